The van der Waals surface area contributed by atoms with Gasteiger partial charge in [-0.15, -0.1) is 0 Å². The zero-order chi connectivity index (χ0) is 16.8. The van der Waals surface area contributed by atoms with Crippen molar-refractivity contribution < 1.29 is 14.3 Å². The van der Waals surface area contributed by atoms with Gasteiger partial charge in [0.2, 0.25) is 0 Å². The van der Waals surface area contributed by atoms with Crippen molar-refractivity contribution >= 4 is 5.91 Å². The van der Waals surface area contributed by atoms with E-state index >= 15 is 0 Å². The molecular formula is C18H23N3O3. The van der Waals surface area contributed by atoms with Crippen LogP contribution in [0.5, 0.6) is 11.5 Å². The molecule has 0 bridgehead atoms. The fourth-order valence-corrected chi connectivity index (χ4v) is 2.53. The Kier molecular flexibility index (Phi) is 5.36. The summed E-state index contributed by atoms with van der Waals surface area (Å²) >= 11 is 0. The number of hydrogen-bond acceptors (Lipinski definition) is 4. The highest BCUT2D eigenvalue weighted by atomic mass is 16.5. The molecule has 1 aromatic heterocycles. The molecular weight excluding hydrogens is 306 g/mol. The number of carbonyl (C=O) groups is 1. The molecule has 0 atom stereocenters. The monoisotopic (exact) mass is 329 g/mol. The smallest absolute Gasteiger partial charge is 0.258 e. The first-order valence-electron chi connectivity index (χ1n) is 8.39. The predicted molar refractivity (Wildman–Crippen MR) is 90.3 cm³/mol. The topological polar surface area (TPSA) is 65.4 Å². The summed E-state index contributed by atoms with van der Waals surface area (Å²) in [4.78, 5) is 16.2. The largest absolute Gasteiger partial charge is 0.494 e. The zero-order valence-corrected chi connectivity index (χ0v) is 13.9. The first-order valence-corrected chi connectivity index (χ1v) is 8.39. The summed E-state index contributed by atoms with van der Waals surface area (Å²) in [6, 6.07) is 7.25. The highest BCUT2D eigenvalue weighted by molar-refractivity contribution is 5.77. The molecule has 0 unspecified atom stereocenters. The van der Waals surface area contributed by atoms with Crippen molar-refractivity contribution in [3.8, 4) is 11.5 Å². The van der Waals surface area contributed by atoms with E-state index in [-0.39, 0.29) is 12.5 Å². The zero-order valence-electron chi connectivity index (χ0n) is 13.9. The van der Waals surface area contributed by atoms with Crippen LogP contribution in [-0.4, -0.2) is 35.2 Å². The minimum atomic E-state index is -0.128. The van der Waals surface area contributed by atoms with E-state index in [0.717, 1.165) is 18.1 Å². The molecule has 1 aliphatic rings. The summed E-state index contributed by atoms with van der Waals surface area (Å²) in [7, 11) is 0. The molecule has 1 amide bonds. The number of rotatable bonds is 9. The summed E-state index contributed by atoms with van der Waals surface area (Å²) in [5, 5.41) is 2.87. The molecule has 0 saturated heterocycles. The third kappa shape index (κ3) is 4.50. The minimum Gasteiger partial charge on any atom is -0.494 e. The molecule has 24 heavy (non-hydrogen) atoms. The number of amides is 1. The fourth-order valence-electron chi connectivity index (χ4n) is 2.53. The summed E-state index contributed by atoms with van der Waals surface area (Å²) < 4.78 is 13.0. The molecule has 6 heteroatoms. The van der Waals surface area contributed by atoms with Crippen LogP contribution in [0.1, 0.15) is 31.5 Å². The molecule has 2 aromatic rings. The lowest BCUT2D eigenvalue weighted by atomic mass is 10.3. The van der Waals surface area contributed by atoms with Crippen LogP contribution in [0.2, 0.25) is 0 Å². The molecule has 128 valence electrons. The Morgan fingerprint density at radius 2 is 1.96 bits per heavy atom. The fraction of sp³-hybridized carbons (Fsp3) is 0.444. The number of carbonyl (C=O) groups excluding carboxylic acids is 1. The van der Waals surface area contributed by atoms with Gasteiger partial charge in [0.1, 0.15) is 17.3 Å². The second kappa shape index (κ2) is 7.86. The lowest BCUT2D eigenvalue weighted by molar-refractivity contribution is -0.123. The van der Waals surface area contributed by atoms with Crippen LogP contribution in [0.3, 0.4) is 0 Å². The maximum Gasteiger partial charge on any atom is 0.258 e. The highest BCUT2D eigenvalue weighted by Crippen LogP contribution is 2.38. The van der Waals surface area contributed by atoms with E-state index < -0.39 is 0 Å². The predicted octanol–water partition coefficient (Wildman–Crippen LogP) is 2.35. The number of imidazole rings is 1. The first kappa shape index (κ1) is 16.4. The lowest BCUT2D eigenvalue weighted by Crippen LogP contribution is -2.31. The second-order valence-electron chi connectivity index (χ2n) is 5.80. The van der Waals surface area contributed by atoms with Crippen molar-refractivity contribution in [2.24, 2.45) is 0 Å². The second-order valence-corrected chi connectivity index (χ2v) is 5.80. The van der Waals surface area contributed by atoms with Crippen molar-refractivity contribution in [1.82, 2.24) is 14.9 Å². The molecule has 1 fully saturated rings. The van der Waals surface area contributed by atoms with Crippen LogP contribution in [0.25, 0.3) is 0 Å². The van der Waals surface area contributed by atoms with Crippen molar-refractivity contribution in [3.63, 3.8) is 0 Å². The van der Waals surface area contributed by atoms with E-state index in [1.54, 1.807) is 12.1 Å². The van der Waals surface area contributed by atoms with Crippen molar-refractivity contribution in [2.75, 3.05) is 19.8 Å². The van der Waals surface area contributed by atoms with Gasteiger partial charge in [-0.2, -0.15) is 0 Å². The van der Waals surface area contributed by atoms with E-state index in [0.29, 0.717) is 24.8 Å². The first-order chi connectivity index (χ1) is 11.8. The molecule has 3 rings (SSSR count). The number of benzene rings is 1. The van der Waals surface area contributed by atoms with Gasteiger partial charge in [0.05, 0.1) is 6.61 Å². The van der Waals surface area contributed by atoms with Gasteiger partial charge >= 0.3 is 0 Å². The number of ether oxygens (including phenoxy) is 2. The molecule has 0 spiro atoms. The molecule has 1 aliphatic carbocycles. The average molecular weight is 329 g/mol. The van der Waals surface area contributed by atoms with Crippen LogP contribution in [0.4, 0.5) is 0 Å². The van der Waals surface area contributed by atoms with E-state index in [1.807, 2.05) is 31.5 Å². The summed E-state index contributed by atoms with van der Waals surface area (Å²) in [6.07, 6.45) is 6.24. The van der Waals surface area contributed by atoms with Crippen LogP contribution in [0.15, 0.2) is 36.7 Å². The van der Waals surface area contributed by atoms with Crippen LogP contribution < -0.4 is 14.8 Å². The average Bonchev–Trinajstić information content (AvgIpc) is 3.33. The molecule has 0 radical (unpaired) electrons. The van der Waals surface area contributed by atoms with Gasteiger partial charge in [-0.3, -0.25) is 4.79 Å². The summed E-state index contributed by atoms with van der Waals surface area (Å²) in [5.74, 6) is 3.06. The van der Waals surface area contributed by atoms with Gasteiger partial charge in [0.15, 0.2) is 6.61 Å². The molecule has 6 nitrogen and oxygen atoms in total. The van der Waals surface area contributed by atoms with Crippen molar-refractivity contribution in [2.45, 2.75) is 32.2 Å². The standard InChI is InChI=1S/C18H23N3O3/c1-2-23-15-5-7-16(8-6-15)24-13-17(22)19-9-11-21-12-10-20-18(21)14-3-4-14/h5-8,10,12,14H,2-4,9,11,13H2,1H3,(H,19,22). The van der Waals surface area contributed by atoms with Crippen molar-refractivity contribution in [1.29, 1.82) is 0 Å². The van der Waals surface area contributed by atoms with Gasteiger partial charge in [0.25, 0.3) is 5.91 Å². The molecule has 0 aliphatic heterocycles. The third-order valence-corrected chi connectivity index (χ3v) is 3.87. The third-order valence-electron chi connectivity index (χ3n) is 3.87. The lowest BCUT2D eigenvalue weighted by Gasteiger charge is -2.10. The van der Waals surface area contributed by atoms with E-state index in [4.69, 9.17) is 9.47 Å². The van der Waals surface area contributed by atoms with Gasteiger partial charge in [0, 0.05) is 31.4 Å². The van der Waals surface area contributed by atoms with Crippen molar-refractivity contribution in [3.05, 3.63) is 42.5 Å². The minimum absolute atomic E-state index is 0.00733. The SMILES string of the molecule is CCOc1ccc(OCC(=O)NCCn2ccnc2C2CC2)cc1. The van der Waals surface area contributed by atoms with E-state index in [2.05, 4.69) is 14.9 Å². The van der Waals surface area contributed by atoms with E-state index in [1.165, 1.54) is 12.8 Å². The Morgan fingerprint density at radius 3 is 2.62 bits per heavy atom. The van der Waals surface area contributed by atoms with Gasteiger partial charge in [-0.25, -0.2) is 4.98 Å². The molecule has 1 aromatic carbocycles. The maximum atomic E-state index is 11.9. The Bertz CT molecular complexity index is 662. The number of aromatic nitrogens is 2. The number of nitrogens with one attached hydrogen (secondary N) is 1. The normalized spacial score (nSPS) is 13.5. The Morgan fingerprint density at radius 1 is 1.25 bits per heavy atom. The maximum absolute atomic E-state index is 11.9. The van der Waals surface area contributed by atoms with Gasteiger partial charge in [-0.1, -0.05) is 0 Å². The quantitative estimate of drug-likeness (QED) is 0.767. The summed E-state index contributed by atoms with van der Waals surface area (Å²) in [5.41, 5.74) is 0. The van der Waals surface area contributed by atoms with Gasteiger partial charge < -0.3 is 19.4 Å². The molecule has 1 N–H and O–H groups in total. The summed E-state index contributed by atoms with van der Waals surface area (Å²) in [6.45, 7) is 3.88. The highest BCUT2D eigenvalue weighted by Gasteiger charge is 2.27. The Labute approximate surface area is 141 Å². The molecule has 1 saturated carbocycles. The number of nitrogens with zero attached hydrogens (tertiary/aromatic N) is 2. The van der Waals surface area contributed by atoms with Crippen LogP contribution >= 0.6 is 0 Å². The Hall–Kier alpha value is -2.50. The Balaban J connectivity index is 1.37. The number of hydrogen-bond donors (Lipinski definition) is 1. The van der Waals surface area contributed by atoms with Crippen LogP contribution in [-0.2, 0) is 11.3 Å². The van der Waals surface area contributed by atoms with Gasteiger partial charge in [-0.05, 0) is 44.0 Å². The van der Waals surface area contributed by atoms with E-state index in [9.17, 15) is 4.79 Å². The van der Waals surface area contributed by atoms with Crippen LogP contribution in [0, 0.1) is 0 Å². The molecule has 1 heterocycles.